The lowest BCUT2D eigenvalue weighted by molar-refractivity contribution is 0.636. The van der Waals surface area contributed by atoms with Crippen molar-refractivity contribution in [2.75, 3.05) is 7.05 Å². The third-order valence-corrected chi connectivity index (χ3v) is 3.32. The maximum absolute atomic E-state index is 4.04. The summed E-state index contributed by atoms with van der Waals surface area (Å²) in [4.78, 5) is 0. The van der Waals surface area contributed by atoms with E-state index < -0.39 is 0 Å². The van der Waals surface area contributed by atoms with Crippen LogP contribution in [0.3, 0.4) is 0 Å². The van der Waals surface area contributed by atoms with Crippen molar-refractivity contribution >= 4 is 10.8 Å². The Morgan fingerprint density at radius 1 is 1.18 bits per heavy atom. The normalized spacial score (nSPS) is 12.4. The number of hydrogen-bond donors (Lipinski definition) is 1. The van der Waals surface area contributed by atoms with E-state index in [1.165, 1.54) is 16.3 Å². The first-order valence-corrected chi connectivity index (χ1v) is 6.05. The van der Waals surface area contributed by atoms with E-state index in [9.17, 15) is 0 Å². The molecule has 1 nitrogen and oxygen atoms in total. The molecule has 0 unspecified atom stereocenters. The smallest absolute Gasteiger partial charge is 0.00631 e. The summed E-state index contributed by atoms with van der Waals surface area (Å²) in [6.07, 6.45) is 1.03. The molecule has 0 spiro atoms. The Labute approximate surface area is 103 Å². The summed E-state index contributed by atoms with van der Waals surface area (Å²) >= 11 is 0. The molecule has 0 aliphatic rings. The SMILES string of the molecule is C=C(NC)[C@H](C)Cc1cccc2ccccc12. The predicted molar refractivity (Wildman–Crippen MR) is 75.0 cm³/mol. The van der Waals surface area contributed by atoms with Crippen LogP contribution in [0.25, 0.3) is 10.8 Å². The van der Waals surface area contributed by atoms with Gasteiger partial charge in [0.05, 0.1) is 0 Å². The van der Waals surface area contributed by atoms with Gasteiger partial charge in [0.2, 0.25) is 0 Å². The Morgan fingerprint density at radius 3 is 2.65 bits per heavy atom. The Balaban J connectivity index is 2.33. The van der Waals surface area contributed by atoms with E-state index in [-0.39, 0.29) is 0 Å². The quantitative estimate of drug-likeness (QED) is 0.835. The lowest BCUT2D eigenvalue weighted by Gasteiger charge is -2.15. The maximum atomic E-state index is 4.04. The van der Waals surface area contributed by atoms with Crippen LogP contribution in [0.5, 0.6) is 0 Å². The zero-order valence-corrected chi connectivity index (χ0v) is 10.5. The molecular formula is C16H19N. The van der Waals surface area contributed by atoms with Crippen LogP contribution in [0.2, 0.25) is 0 Å². The second kappa shape index (κ2) is 5.05. The summed E-state index contributed by atoms with van der Waals surface area (Å²) in [6.45, 7) is 6.25. The van der Waals surface area contributed by atoms with Gasteiger partial charge in [0.1, 0.15) is 0 Å². The molecule has 0 amide bonds. The summed E-state index contributed by atoms with van der Waals surface area (Å²) in [5, 5.41) is 5.80. The average molecular weight is 225 g/mol. The van der Waals surface area contributed by atoms with E-state index in [1.807, 2.05) is 7.05 Å². The molecule has 2 rings (SSSR count). The Morgan fingerprint density at radius 2 is 1.88 bits per heavy atom. The van der Waals surface area contributed by atoms with Gasteiger partial charge in [-0.05, 0) is 28.7 Å². The highest BCUT2D eigenvalue weighted by Gasteiger charge is 2.08. The van der Waals surface area contributed by atoms with Crippen molar-refractivity contribution in [2.45, 2.75) is 13.3 Å². The minimum Gasteiger partial charge on any atom is -0.392 e. The highest BCUT2D eigenvalue weighted by molar-refractivity contribution is 5.85. The van der Waals surface area contributed by atoms with Gasteiger partial charge < -0.3 is 5.32 Å². The van der Waals surface area contributed by atoms with E-state index in [1.54, 1.807) is 0 Å². The highest BCUT2D eigenvalue weighted by Crippen LogP contribution is 2.22. The molecule has 0 aliphatic heterocycles. The number of benzene rings is 2. The fourth-order valence-corrected chi connectivity index (χ4v) is 2.17. The van der Waals surface area contributed by atoms with E-state index in [4.69, 9.17) is 0 Å². The molecule has 17 heavy (non-hydrogen) atoms. The number of hydrogen-bond acceptors (Lipinski definition) is 1. The number of fused-ring (bicyclic) bond motifs is 1. The fraction of sp³-hybridized carbons (Fsp3) is 0.250. The first kappa shape index (κ1) is 11.7. The van der Waals surface area contributed by atoms with Crippen LogP contribution in [-0.2, 0) is 6.42 Å². The molecule has 0 bridgehead atoms. The molecule has 1 heteroatoms. The van der Waals surface area contributed by atoms with E-state index in [2.05, 4.69) is 61.3 Å². The van der Waals surface area contributed by atoms with Crippen LogP contribution in [0.4, 0.5) is 0 Å². The van der Waals surface area contributed by atoms with Crippen LogP contribution < -0.4 is 5.32 Å². The fourth-order valence-electron chi connectivity index (χ4n) is 2.17. The first-order chi connectivity index (χ1) is 8.22. The van der Waals surface area contributed by atoms with Crippen molar-refractivity contribution in [2.24, 2.45) is 5.92 Å². The second-order valence-corrected chi connectivity index (χ2v) is 4.52. The average Bonchev–Trinajstić information content (AvgIpc) is 2.38. The number of rotatable bonds is 4. The zero-order chi connectivity index (χ0) is 12.3. The Kier molecular flexibility index (Phi) is 3.48. The topological polar surface area (TPSA) is 12.0 Å². The van der Waals surface area contributed by atoms with E-state index in [0.717, 1.165) is 12.1 Å². The van der Waals surface area contributed by atoms with Crippen LogP contribution in [-0.4, -0.2) is 7.05 Å². The minimum atomic E-state index is 0.450. The van der Waals surface area contributed by atoms with Gasteiger partial charge in [0, 0.05) is 12.7 Å². The summed E-state index contributed by atoms with van der Waals surface area (Å²) in [5.74, 6) is 0.450. The Hall–Kier alpha value is -1.76. The summed E-state index contributed by atoms with van der Waals surface area (Å²) in [6, 6.07) is 15.0. The number of allylic oxidation sites excluding steroid dienone is 1. The third kappa shape index (κ3) is 2.50. The molecule has 0 saturated carbocycles. The molecule has 0 aliphatic carbocycles. The largest absolute Gasteiger partial charge is 0.392 e. The molecule has 0 radical (unpaired) electrons. The van der Waals surface area contributed by atoms with Gasteiger partial charge in [-0.3, -0.25) is 0 Å². The molecule has 0 heterocycles. The van der Waals surface area contributed by atoms with Crippen LogP contribution in [0.15, 0.2) is 54.7 Å². The molecule has 2 aromatic rings. The Bertz CT molecular complexity index is 523. The van der Waals surface area contributed by atoms with Crippen molar-refractivity contribution in [1.82, 2.24) is 5.32 Å². The molecule has 0 saturated heterocycles. The van der Waals surface area contributed by atoms with Crippen LogP contribution in [0, 0.1) is 5.92 Å². The summed E-state index contributed by atoms with van der Waals surface area (Å²) in [7, 11) is 1.93. The van der Waals surface area contributed by atoms with Gasteiger partial charge in [-0.25, -0.2) is 0 Å². The number of nitrogens with one attached hydrogen (secondary N) is 1. The highest BCUT2D eigenvalue weighted by atomic mass is 14.8. The maximum Gasteiger partial charge on any atom is 0.00631 e. The molecule has 1 N–H and O–H groups in total. The van der Waals surface area contributed by atoms with Gasteiger partial charge in [-0.2, -0.15) is 0 Å². The third-order valence-electron chi connectivity index (χ3n) is 3.32. The lowest BCUT2D eigenvalue weighted by Crippen LogP contribution is -2.14. The van der Waals surface area contributed by atoms with Gasteiger partial charge in [-0.15, -0.1) is 0 Å². The standard InChI is InChI=1S/C16H19N/c1-12(13(2)17-3)11-15-9-6-8-14-7-4-5-10-16(14)15/h4-10,12,17H,2,11H2,1,3H3/t12-/m1/s1. The van der Waals surface area contributed by atoms with Crippen LogP contribution in [0.1, 0.15) is 12.5 Å². The monoisotopic (exact) mass is 225 g/mol. The van der Waals surface area contributed by atoms with Crippen LogP contribution >= 0.6 is 0 Å². The molecule has 0 aromatic heterocycles. The molecular weight excluding hydrogens is 206 g/mol. The van der Waals surface area contributed by atoms with Crippen molar-refractivity contribution in [3.8, 4) is 0 Å². The van der Waals surface area contributed by atoms with Crippen molar-refractivity contribution in [3.63, 3.8) is 0 Å². The minimum absolute atomic E-state index is 0.450. The van der Waals surface area contributed by atoms with Gasteiger partial charge in [0.25, 0.3) is 0 Å². The van der Waals surface area contributed by atoms with Gasteiger partial charge in [0.15, 0.2) is 0 Å². The van der Waals surface area contributed by atoms with Crippen molar-refractivity contribution < 1.29 is 0 Å². The molecule has 88 valence electrons. The first-order valence-electron chi connectivity index (χ1n) is 6.05. The van der Waals surface area contributed by atoms with Gasteiger partial charge in [-0.1, -0.05) is 56.0 Å². The van der Waals surface area contributed by atoms with Crippen molar-refractivity contribution in [1.29, 1.82) is 0 Å². The zero-order valence-electron chi connectivity index (χ0n) is 10.5. The summed E-state index contributed by atoms with van der Waals surface area (Å²) in [5.41, 5.74) is 2.49. The van der Waals surface area contributed by atoms with E-state index >= 15 is 0 Å². The molecule has 2 aromatic carbocycles. The second-order valence-electron chi connectivity index (χ2n) is 4.52. The summed E-state index contributed by atoms with van der Waals surface area (Å²) < 4.78 is 0. The van der Waals surface area contributed by atoms with E-state index in [0.29, 0.717) is 5.92 Å². The lowest BCUT2D eigenvalue weighted by atomic mass is 9.94. The predicted octanol–water partition coefficient (Wildman–Crippen LogP) is 3.75. The van der Waals surface area contributed by atoms with Crippen molar-refractivity contribution in [3.05, 3.63) is 60.3 Å². The molecule has 0 fully saturated rings. The van der Waals surface area contributed by atoms with Gasteiger partial charge >= 0.3 is 0 Å². The molecule has 1 atom stereocenters.